The van der Waals surface area contributed by atoms with Gasteiger partial charge in [-0.3, -0.25) is 0 Å². The topological polar surface area (TPSA) is 0 Å². The van der Waals surface area contributed by atoms with Crippen molar-refractivity contribution in [3.8, 4) is 0 Å². The van der Waals surface area contributed by atoms with Crippen LogP contribution in [0.5, 0.6) is 0 Å². The molecular formula is C16H12Br2Cl2F6. The van der Waals surface area contributed by atoms with Gasteiger partial charge in [0.15, 0.2) is 23.3 Å². The van der Waals surface area contributed by atoms with Crippen LogP contribution in [0.3, 0.4) is 0 Å². The van der Waals surface area contributed by atoms with Crippen LogP contribution in [0.15, 0.2) is 8.95 Å². The number of rotatable bonds is 0. The number of halogens is 10. The molecule has 0 radical (unpaired) electrons. The summed E-state index contributed by atoms with van der Waals surface area (Å²) in [6.07, 6.45) is 0. The van der Waals surface area contributed by atoms with E-state index >= 15 is 0 Å². The lowest BCUT2D eigenvalue weighted by Crippen LogP contribution is -1.96. The van der Waals surface area contributed by atoms with E-state index in [9.17, 15) is 26.3 Å². The fourth-order valence-corrected chi connectivity index (χ4v) is 2.57. The molecular weight excluding hydrogens is 537 g/mol. The van der Waals surface area contributed by atoms with E-state index in [0.717, 1.165) is 6.92 Å². The van der Waals surface area contributed by atoms with Crippen LogP contribution >= 0.6 is 55.1 Å². The van der Waals surface area contributed by atoms with Crippen LogP contribution in [0.1, 0.15) is 25.0 Å². The largest absolute Gasteiger partial charge is 0.205 e. The molecule has 0 saturated heterocycles. The third-order valence-corrected chi connectivity index (χ3v) is 5.46. The van der Waals surface area contributed by atoms with Gasteiger partial charge in [-0.15, -0.1) is 0 Å². The second-order valence-electron chi connectivity index (χ2n) is 4.39. The summed E-state index contributed by atoms with van der Waals surface area (Å²) in [6.45, 7) is 6.42. The summed E-state index contributed by atoms with van der Waals surface area (Å²) in [5, 5.41) is -1.25. The van der Waals surface area contributed by atoms with Crippen LogP contribution in [-0.2, 0) is 0 Å². The maximum atomic E-state index is 12.9. The van der Waals surface area contributed by atoms with Crippen LogP contribution in [0.2, 0.25) is 10.0 Å². The maximum absolute atomic E-state index is 12.9. The fourth-order valence-electron chi connectivity index (χ4n) is 1.43. The Morgan fingerprint density at radius 2 is 0.923 bits per heavy atom. The molecule has 0 spiro atoms. The van der Waals surface area contributed by atoms with Crippen LogP contribution in [-0.4, -0.2) is 0 Å². The van der Waals surface area contributed by atoms with Crippen molar-refractivity contribution in [2.75, 3.05) is 0 Å². The van der Waals surface area contributed by atoms with Gasteiger partial charge in [0.25, 0.3) is 0 Å². The normalized spacial score (nSPS) is 9.92. The standard InChI is InChI=1S/2C7H3BrClF3.C2H6/c1-2-5(10)4(9)3(8)7(12)6(2)11;1-2-3(8)6(11)7(12)4(9)5(2)10;1-2/h2*1H3;1-2H3. The van der Waals surface area contributed by atoms with Crippen molar-refractivity contribution >= 4 is 55.1 Å². The summed E-state index contributed by atoms with van der Waals surface area (Å²) in [7, 11) is 0. The zero-order valence-corrected chi connectivity index (χ0v) is 18.5. The molecule has 0 aliphatic carbocycles. The van der Waals surface area contributed by atoms with Crippen LogP contribution in [0, 0.1) is 48.8 Å². The predicted molar refractivity (Wildman–Crippen MR) is 98.9 cm³/mol. The van der Waals surface area contributed by atoms with Gasteiger partial charge in [-0.1, -0.05) is 37.0 Å². The van der Waals surface area contributed by atoms with Crippen LogP contribution < -0.4 is 0 Å². The minimum absolute atomic E-state index is 0.0427. The van der Waals surface area contributed by atoms with E-state index in [0.29, 0.717) is 0 Å². The monoisotopic (exact) mass is 546 g/mol. The summed E-state index contributed by atoms with van der Waals surface area (Å²) in [5.41, 5.74) is -0.459. The van der Waals surface area contributed by atoms with E-state index in [4.69, 9.17) is 23.2 Å². The SMILES string of the molecule is CC.Cc1c(F)c(Cl)c(F)c(F)c1Br.Cc1c(F)c(F)c(Br)c(Cl)c1F. The molecule has 2 rings (SSSR count). The van der Waals surface area contributed by atoms with Gasteiger partial charge in [-0.05, 0) is 45.7 Å². The molecule has 0 amide bonds. The van der Waals surface area contributed by atoms with E-state index in [-0.39, 0.29) is 14.5 Å². The first-order valence-electron chi connectivity index (χ1n) is 6.89. The molecule has 0 fully saturated rings. The van der Waals surface area contributed by atoms with Gasteiger partial charge >= 0.3 is 0 Å². The molecule has 0 aromatic heterocycles. The highest BCUT2D eigenvalue weighted by molar-refractivity contribution is 9.10. The smallest absolute Gasteiger partial charge is 0.181 e. The number of hydrogen-bond acceptors (Lipinski definition) is 0. The molecule has 0 unspecified atom stereocenters. The summed E-state index contributed by atoms with van der Waals surface area (Å²) in [5.74, 6) is -6.81. The van der Waals surface area contributed by atoms with Crippen molar-refractivity contribution in [2.24, 2.45) is 0 Å². The first-order valence-corrected chi connectivity index (χ1v) is 9.23. The van der Waals surface area contributed by atoms with Crippen molar-refractivity contribution < 1.29 is 26.3 Å². The van der Waals surface area contributed by atoms with Gasteiger partial charge < -0.3 is 0 Å². The minimum atomic E-state index is -1.37. The van der Waals surface area contributed by atoms with Gasteiger partial charge in [0.05, 0.1) is 14.0 Å². The Bertz CT molecular complexity index is 535. The van der Waals surface area contributed by atoms with Gasteiger partial charge in [-0.25, -0.2) is 26.3 Å². The molecule has 0 saturated carbocycles. The average Bonchev–Trinajstić information content (AvgIpc) is 2.66. The van der Waals surface area contributed by atoms with E-state index in [1.165, 1.54) is 6.92 Å². The Hall–Kier alpha value is -0.440. The molecule has 26 heavy (non-hydrogen) atoms. The summed E-state index contributed by atoms with van der Waals surface area (Å²) in [4.78, 5) is 0. The van der Waals surface area contributed by atoms with Crippen molar-refractivity contribution in [1.82, 2.24) is 0 Å². The molecule has 2 aromatic rings. The molecule has 146 valence electrons. The third kappa shape index (κ3) is 5.30. The first-order chi connectivity index (χ1) is 11.9. The fraction of sp³-hybridized carbons (Fsp3) is 0.250. The van der Waals surface area contributed by atoms with E-state index in [2.05, 4.69) is 31.9 Å². The Labute approximate surface area is 173 Å². The molecule has 0 aliphatic heterocycles. The minimum Gasteiger partial charge on any atom is -0.205 e. The number of benzene rings is 2. The highest BCUT2D eigenvalue weighted by atomic mass is 79.9. The van der Waals surface area contributed by atoms with Crippen molar-refractivity contribution in [3.05, 3.63) is 65.0 Å². The molecule has 2 aromatic carbocycles. The lowest BCUT2D eigenvalue weighted by atomic mass is 10.2. The van der Waals surface area contributed by atoms with Crippen molar-refractivity contribution in [3.63, 3.8) is 0 Å². The van der Waals surface area contributed by atoms with E-state index < -0.39 is 50.5 Å². The Morgan fingerprint density at radius 1 is 0.538 bits per heavy atom. The van der Waals surface area contributed by atoms with E-state index in [1.807, 2.05) is 13.8 Å². The Kier molecular flexibility index (Phi) is 10.6. The summed E-state index contributed by atoms with van der Waals surface area (Å²) >= 11 is 15.8. The molecule has 0 heterocycles. The average molecular weight is 549 g/mol. The van der Waals surface area contributed by atoms with Crippen molar-refractivity contribution in [2.45, 2.75) is 27.7 Å². The zero-order valence-electron chi connectivity index (χ0n) is 13.8. The summed E-state index contributed by atoms with van der Waals surface area (Å²) in [6, 6.07) is 0. The summed E-state index contributed by atoms with van der Waals surface area (Å²) < 4.78 is 76.0. The van der Waals surface area contributed by atoms with Crippen LogP contribution in [0.4, 0.5) is 26.3 Å². The molecule has 0 nitrogen and oxygen atoms in total. The van der Waals surface area contributed by atoms with Gasteiger partial charge in [-0.2, -0.15) is 0 Å². The highest BCUT2D eigenvalue weighted by Gasteiger charge is 2.20. The molecule has 10 heteroatoms. The van der Waals surface area contributed by atoms with Gasteiger partial charge in [0.1, 0.15) is 16.7 Å². The van der Waals surface area contributed by atoms with Crippen molar-refractivity contribution in [1.29, 1.82) is 0 Å². The van der Waals surface area contributed by atoms with Gasteiger partial charge in [0.2, 0.25) is 0 Å². The zero-order chi connectivity index (χ0) is 20.9. The second kappa shape index (κ2) is 10.8. The van der Waals surface area contributed by atoms with Crippen LogP contribution in [0.25, 0.3) is 0 Å². The van der Waals surface area contributed by atoms with E-state index in [1.54, 1.807) is 0 Å². The van der Waals surface area contributed by atoms with Gasteiger partial charge in [0, 0.05) is 11.1 Å². The third-order valence-electron chi connectivity index (χ3n) is 2.86. The quantitative estimate of drug-likeness (QED) is 0.175. The molecule has 0 bridgehead atoms. The Morgan fingerprint density at radius 3 is 1.38 bits per heavy atom. The molecule has 0 N–H and O–H groups in total. The molecule has 0 aliphatic rings. The lowest BCUT2D eigenvalue weighted by Gasteiger charge is -2.04. The first kappa shape index (κ1) is 25.6. The predicted octanol–water partition coefficient (Wildman–Crippen LogP) is 8.68. The number of hydrogen-bond donors (Lipinski definition) is 0. The maximum Gasteiger partial charge on any atom is 0.181 e. The second-order valence-corrected chi connectivity index (χ2v) is 6.73. The highest BCUT2D eigenvalue weighted by Crippen LogP contribution is 2.32. The lowest BCUT2D eigenvalue weighted by molar-refractivity contribution is 0.482. The molecule has 0 atom stereocenters. The Balaban J connectivity index is 0.000000439.